The highest BCUT2D eigenvalue weighted by molar-refractivity contribution is 5.14. The van der Waals surface area contributed by atoms with Crippen LogP contribution in [0.3, 0.4) is 0 Å². The number of hydrogen-bond acceptors (Lipinski definition) is 2. The molecule has 13 heavy (non-hydrogen) atoms. The zero-order chi connectivity index (χ0) is 9.73. The molecule has 0 bridgehead atoms. The fourth-order valence-electron chi connectivity index (χ4n) is 1.11. The molecule has 2 N–H and O–H groups in total. The van der Waals surface area contributed by atoms with Crippen molar-refractivity contribution in [3.63, 3.8) is 0 Å². The van der Waals surface area contributed by atoms with Crippen LogP contribution in [0.1, 0.15) is 12.5 Å². The lowest BCUT2D eigenvalue weighted by atomic mass is 10.1. The van der Waals surface area contributed by atoms with Crippen LogP contribution < -0.4 is 0 Å². The molecule has 1 aromatic rings. The molecule has 0 aliphatic carbocycles. The smallest absolute Gasteiger partial charge is 0.146 e. The lowest BCUT2D eigenvalue weighted by Crippen LogP contribution is -2.42. The second-order valence-electron chi connectivity index (χ2n) is 3.15. The molecule has 0 saturated carbocycles. The lowest BCUT2D eigenvalue weighted by molar-refractivity contribution is -1.24. The minimum absolute atomic E-state index is 0.312. The Morgan fingerprint density at radius 2 is 1.77 bits per heavy atom. The number of nitrogens with zero attached hydrogens (tertiary/aromatic N) is 1. The van der Waals surface area contributed by atoms with Gasteiger partial charge in [0.2, 0.25) is 0 Å². The van der Waals surface area contributed by atoms with E-state index in [9.17, 15) is 10.4 Å². The Labute approximate surface area is 78.4 Å². The molecule has 1 aromatic carbocycles. The minimum atomic E-state index is -0.894. The summed E-state index contributed by atoms with van der Waals surface area (Å²) in [5.41, 5.74) is 1.13. The minimum Gasteiger partial charge on any atom is -0.182 e. The van der Waals surface area contributed by atoms with Crippen LogP contribution in [0.15, 0.2) is 30.3 Å². The molecule has 3 nitrogen and oxygen atoms in total. The van der Waals surface area contributed by atoms with Gasteiger partial charge in [0.15, 0.2) is 0 Å². The van der Waals surface area contributed by atoms with Crippen LogP contribution >= 0.6 is 0 Å². The van der Waals surface area contributed by atoms with Crippen LogP contribution in [0.2, 0.25) is 0 Å². The summed E-state index contributed by atoms with van der Waals surface area (Å²) < 4.78 is 0. The summed E-state index contributed by atoms with van der Waals surface area (Å²) >= 11 is 0. The van der Waals surface area contributed by atoms with E-state index in [1.54, 1.807) is 6.92 Å². The van der Waals surface area contributed by atoms with E-state index in [2.05, 4.69) is 0 Å². The molecule has 72 valence electrons. The Morgan fingerprint density at radius 3 is 2.31 bits per heavy atom. The zero-order valence-electron chi connectivity index (χ0n) is 7.85. The summed E-state index contributed by atoms with van der Waals surface area (Å²) in [6.45, 7) is 2.39. The van der Waals surface area contributed by atoms with Crippen molar-refractivity contribution in [1.82, 2.24) is 0 Å². The number of rotatable bonds is 4. The van der Waals surface area contributed by atoms with E-state index < -0.39 is 4.81 Å². The Balaban J connectivity index is 2.44. The van der Waals surface area contributed by atoms with Gasteiger partial charge in [0.1, 0.15) is 13.1 Å². The van der Waals surface area contributed by atoms with Gasteiger partial charge in [0.05, 0.1) is 0 Å². The van der Waals surface area contributed by atoms with E-state index in [4.69, 9.17) is 0 Å². The number of quaternary nitrogens is 1. The van der Waals surface area contributed by atoms with Crippen molar-refractivity contribution in [2.45, 2.75) is 13.3 Å². The van der Waals surface area contributed by atoms with Crippen molar-refractivity contribution < 1.29 is 15.2 Å². The normalized spacial score (nSPS) is 11.6. The molecule has 0 aliphatic heterocycles. The van der Waals surface area contributed by atoms with Crippen LogP contribution in [-0.4, -0.2) is 28.3 Å². The highest BCUT2D eigenvalue weighted by Crippen LogP contribution is 2.03. The van der Waals surface area contributed by atoms with Gasteiger partial charge in [-0.1, -0.05) is 30.3 Å². The van der Waals surface area contributed by atoms with Crippen molar-refractivity contribution in [3.8, 4) is 0 Å². The molecule has 0 fully saturated rings. The van der Waals surface area contributed by atoms with Gasteiger partial charge in [-0.05, 0) is 17.3 Å². The number of likely N-dealkylation sites (N-methyl/N-ethyl adjacent to an activating group) is 1. The van der Waals surface area contributed by atoms with E-state index in [1.807, 2.05) is 30.3 Å². The number of hydrogen-bond donors (Lipinski definition) is 2. The molecule has 0 aliphatic rings. The van der Waals surface area contributed by atoms with Crippen molar-refractivity contribution in [3.05, 3.63) is 35.9 Å². The topological polar surface area (TPSA) is 40.5 Å². The number of benzene rings is 1. The van der Waals surface area contributed by atoms with Gasteiger partial charge in [-0.15, -0.1) is 0 Å². The summed E-state index contributed by atoms with van der Waals surface area (Å²) in [5, 5.41) is 18.6. The second kappa shape index (κ2) is 4.37. The molecule has 0 saturated heterocycles. The van der Waals surface area contributed by atoms with Gasteiger partial charge in [-0.2, -0.15) is 10.4 Å². The van der Waals surface area contributed by atoms with E-state index in [-0.39, 0.29) is 0 Å². The highest BCUT2D eigenvalue weighted by Gasteiger charge is 2.18. The first-order valence-electron chi connectivity index (χ1n) is 4.50. The maximum atomic E-state index is 9.28. The summed E-state index contributed by atoms with van der Waals surface area (Å²) in [6, 6.07) is 9.81. The Bertz CT molecular complexity index is 246. The van der Waals surface area contributed by atoms with E-state index in [0.29, 0.717) is 19.5 Å². The van der Waals surface area contributed by atoms with E-state index >= 15 is 0 Å². The molecule has 1 rings (SSSR count). The Hall–Kier alpha value is -0.900. The van der Waals surface area contributed by atoms with Crippen molar-refractivity contribution >= 4 is 0 Å². The fourth-order valence-corrected chi connectivity index (χ4v) is 1.11. The van der Waals surface area contributed by atoms with Crippen molar-refractivity contribution in [2.75, 3.05) is 13.1 Å². The van der Waals surface area contributed by atoms with E-state index in [0.717, 1.165) is 5.56 Å². The number of hydroxylamine groups is 4. The third-order valence-electron chi connectivity index (χ3n) is 2.11. The van der Waals surface area contributed by atoms with Gasteiger partial charge in [0.25, 0.3) is 0 Å². The first-order valence-corrected chi connectivity index (χ1v) is 4.50. The quantitative estimate of drug-likeness (QED) is 0.551. The molecule has 0 heterocycles. The standard InChI is InChI=1S/C10H16NO2/c1-2-11(12,13)9-8-10-6-4-3-5-7-10/h3-7,12-13H,2,8-9H2,1H3/q+1. The van der Waals surface area contributed by atoms with Gasteiger partial charge >= 0.3 is 0 Å². The van der Waals surface area contributed by atoms with Crippen LogP contribution in [0.5, 0.6) is 0 Å². The predicted molar refractivity (Wildman–Crippen MR) is 49.4 cm³/mol. The predicted octanol–water partition coefficient (Wildman–Crippen LogP) is 1.84. The van der Waals surface area contributed by atoms with E-state index in [1.165, 1.54) is 0 Å². The van der Waals surface area contributed by atoms with Gasteiger partial charge in [-0.3, -0.25) is 0 Å². The molecule has 0 radical (unpaired) electrons. The summed E-state index contributed by atoms with van der Waals surface area (Å²) in [4.78, 5) is -0.894. The molecular formula is C10H16NO2+. The molecule has 0 unspecified atom stereocenters. The van der Waals surface area contributed by atoms with Gasteiger partial charge in [0, 0.05) is 6.42 Å². The first-order chi connectivity index (χ1) is 6.14. The summed E-state index contributed by atoms with van der Waals surface area (Å²) in [7, 11) is 0. The second-order valence-corrected chi connectivity index (χ2v) is 3.15. The maximum absolute atomic E-state index is 9.28. The Kier molecular flexibility index (Phi) is 3.42. The average Bonchev–Trinajstić information content (AvgIpc) is 2.17. The van der Waals surface area contributed by atoms with Crippen LogP contribution in [-0.2, 0) is 6.42 Å². The Morgan fingerprint density at radius 1 is 1.15 bits per heavy atom. The maximum Gasteiger partial charge on any atom is 0.146 e. The summed E-state index contributed by atoms with van der Waals surface area (Å²) in [6.07, 6.45) is 0.682. The lowest BCUT2D eigenvalue weighted by Gasteiger charge is -2.19. The van der Waals surface area contributed by atoms with Crippen molar-refractivity contribution in [2.24, 2.45) is 0 Å². The molecule has 0 amide bonds. The van der Waals surface area contributed by atoms with Crippen LogP contribution in [0.4, 0.5) is 0 Å². The van der Waals surface area contributed by atoms with Gasteiger partial charge < -0.3 is 0 Å². The van der Waals surface area contributed by atoms with Crippen molar-refractivity contribution in [1.29, 1.82) is 0 Å². The zero-order valence-corrected chi connectivity index (χ0v) is 7.85. The molecule has 3 heteroatoms. The van der Waals surface area contributed by atoms with Crippen LogP contribution in [0, 0.1) is 0 Å². The molecular weight excluding hydrogens is 166 g/mol. The first kappa shape index (κ1) is 10.2. The summed E-state index contributed by atoms with van der Waals surface area (Å²) in [5.74, 6) is 0. The highest BCUT2D eigenvalue weighted by atomic mass is 16.8. The molecule has 0 aromatic heterocycles. The average molecular weight is 182 g/mol. The third-order valence-corrected chi connectivity index (χ3v) is 2.11. The monoisotopic (exact) mass is 182 g/mol. The SMILES string of the molecule is CC[N+](O)(O)CCc1ccccc1. The largest absolute Gasteiger partial charge is 0.182 e. The molecule has 0 spiro atoms. The van der Waals surface area contributed by atoms with Crippen LogP contribution in [0.25, 0.3) is 0 Å². The third kappa shape index (κ3) is 3.55. The molecule has 0 atom stereocenters. The van der Waals surface area contributed by atoms with Gasteiger partial charge in [-0.25, -0.2) is 0 Å². The fraction of sp³-hybridized carbons (Fsp3) is 0.400.